The van der Waals surface area contributed by atoms with E-state index in [1.807, 2.05) is 36.4 Å². The molecule has 4 aromatic rings. The number of ether oxygens (including phenoxy) is 1. The molecule has 16 heteroatoms. The maximum atomic E-state index is 11.3. The molecule has 2 heterocycles. The lowest BCUT2D eigenvalue weighted by atomic mass is 10.2. The highest BCUT2D eigenvalue weighted by Gasteiger charge is 2.11. The molecule has 0 saturated heterocycles. The molecule has 2 aromatic heterocycles. The lowest BCUT2D eigenvalue weighted by molar-refractivity contribution is 0.0995. The van der Waals surface area contributed by atoms with E-state index in [1.54, 1.807) is 24.3 Å². The highest BCUT2D eigenvalue weighted by atomic mass is 35.5. The molecular formula is C23H24ClN5O8S2. The van der Waals surface area contributed by atoms with Crippen molar-refractivity contribution < 1.29 is 35.5 Å². The molecule has 208 valence electrons. The number of hydrogen-bond acceptors (Lipinski definition) is 10. The number of halogens is 1. The summed E-state index contributed by atoms with van der Waals surface area (Å²) in [5.74, 6) is 0.407. The standard InChI is InChI=1S/C21H16ClN5O2.2CH4O3S/c22-14-5-7-15(8-6-14)25-20-16-3-1-2-4-17(16)21(27-26-20)29-12-13-9-10-24-18(11-13)19(23)28;2*1-5(2,3)4/h1-11H,12H2,(H2,23,28)(H,25,26);2*1H3,(H,2,3,4). The summed E-state index contributed by atoms with van der Waals surface area (Å²) in [4.78, 5) is 15.2. The molecule has 1 amide bonds. The number of nitrogens with two attached hydrogens (primary N) is 1. The van der Waals surface area contributed by atoms with Gasteiger partial charge in [-0.05, 0) is 48.0 Å². The minimum absolute atomic E-state index is 0.185. The van der Waals surface area contributed by atoms with Gasteiger partial charge in [-0.25, -0.2) is 0 Å². The fraction of sp³-hybridized carbons (Fsp3) is 0.130. The molecule has 0 atom stereocenters. The Balaban J connectivity index is 0.000000458. The van der Waals surface area contributed by atoms with E-state index in [4.69, 9.17) is 31.2 Å². The first kappa shape index (κ1) is 31.3. The number of anilines is 2. The fourth-order valence-electron chi connectivity index (χ4n) is 2.80. The van der Waals surface area contributed by atoms with Crippen LogP contribution in [0.4, 0.5) is 11.5 Å². The average molecular weight is 598 g/mol. The van der Waals surface area contributed by atoms with Gasteiger partial charge in [-0.1, -0.05) is 29.8 Å². The van der Waals surface area contributed by atoms with Crippen molar-refractivity contribution in [1.29, 1.82) is 0 Å². The second-order valence-electron chi connectivity index (χ2n) is 7.70. The normalized spacial score (nSPS) is 10.9. The first-order valence-electron chi connectivity index (χ1n) is 10.6. The second-order valence-corrected chi connectivity index (χ2v) is 11.1. The van der Waals surface area contributed by atoms with Crippen LogP contribution in [0.25, 0.3) is 10.8 Å². The van der Waals surface area contributed by atoms with Gasteiger partial charge >= 0.3 is 0 Å². The number of rotatable bonds is 6. The number of fused-ring (bicyclic) bond motifs is 1. The summed E-state index contributed by atoms with van der Waals surface area (Å²) in [6, 6.07) is 18.3. The molecule has 13 nitrogen and oxygen atoms in total. The molecule has 0 spiro atoms. The lowest BCUT2D eigenvalue weighted by Gasteiger charge is -2.12. The Kier molecular flexibility index (Phi) is 11.1. The van der Waals surface area contributed by atoms with E-state index in [2.05, 4.69) is 20.5 Å². The predicted molar refractivity (Wildman–Crippen MR) is 146 cm³/mol. The molecular weight excluding hydrogens is 574 g/mol. The smallest absolute Gasteiger partial charge is 0.267 e. The number of carbonyl (C=O) groups is 1. The Morgan fingerprint density at radius 1 is 0.949 bits per heavy atom. The van der Waals surface area contributed by atoms with Crippen LogP contribution in [0.15, 0.2) is 66.9 Å². The maximum Gasteiger partial charge on any atom is 0.267 e. The van der Waals surface area contributed by atoms with Crippen molar-refractivity contribution in [3.63, 3.8) is 0 Å². The van der Waals surface area contributed by atoms with Crippen LogP contribution < -0.4 is 15.8 Å². The number of primary amides is 1. The number of benzene rings is 2. The van der Waals surface area contributed by atoms with Crippen molar-refractivity contribution in [3.8, 4) is 5.88 Å². The zero-order valence-electron chi connectivity index (χ0n) is 20.5. The number of aromatic nitrogens is 3. The van der Waals surface area contributed by atoms with Gasteiger partial charge in [-0.2, -0.15) is 16.8 Å². The monoisotopic (exact) mass is 597 g/mol. The van der Waals surface area contributed by atoms with Gasteiger partial charge in [0, 0.05) is 27.7 Å². The van der Waals surface area contributed by atoms with E-state index in [1.165, 1.54) is 6.20 Å². The molecule has 0 radical (unpaired) electrons. The van der Waals surface area contributed by atoms with Crippen LogP contribution in [0.5, 0.6) is 5.88 Å². The van der Waals surface area contributed by atoms with E-state index in [-0.39, 0.29) is 12.3 Å². The van der Waals surface area contributed by atoms with E-state index >= 15 is 0 Å². The third-order valence-corrected chi connectivity index (χ3v) is 4.46. The molecule has 5 N–H and O–H groups in total. The molecule has 0 bridgehead atoms. The maximum absolute atomic E-state index is 11.3. The van der Waals surface area contributed by atoms with Gasteiger partial charge in [0.05, 0.1) is 12.5 Å². The number of nitrogens with one attached hydrogen (secondary N) is 1. The summed E-state index contributed by atoms with van der Waals surface area (Å²) in [6.07, 6.45) is 2.95. The summed E-state index contributed by atoms with van der Waals surface area (Å²) in [5.41, 5.74) is 7.06. The Bertz CT molecular complexity index is 1610. The van der Waals surface area contributed by atoms with Gasteiger partial charge in [0.1, 0.15) is 12.3 Å². The number of nitrogens with zero attached hydrogens (tertiary/aromatic N) is 3. The molecule has 2 aromatic carbocycles. The van der Waals surface area contributed by atoms with Gasteiger partial charge < -0.3 is 15.8 Å². The third-order valence-electron chi connectivity index (χ3n) is 4.21. The van der Waals surface area contributed by atoms with E-state index in [0.717, 1.165) is 22.0 Å². The Hall–Kier alpha value is -3.89. The molecule has 0 unspecified atom stereocenters. The van der Waals surface area contributed by atoms with Crippen LogP contribution in [0, 0.1) is 0 Å². The third kappa shape index (κ3) is 12.5. The van der Waals surface area contributed by atoms with Crippen LogP contribution in [0.2, 0.25) is 5.02 Å². The topological polar surface area (TPSA) is 212 Å². The SMILES string of the molecule is CS(=O)(=O)O.CS(=O)(=O)O.NC(=O)c1cc(COc2nnc(Nc3ccc(Cl)cc3)c3ccccc23)ccn1. The molecule has 4 rings (SSSR count). The molecule has 0 aliphatic heterocycles. The van der Waals surface area contributed by atoms with Crippen molar-refractivity contribution in [2.24, 2.45) is 5.73 Å². The lowest BCUT2D eigenvalue weighted by Crippen LogP contribution is -2.13. The minimum Gasteiger partial charge on any atom is -0.471 e. The molecule has 39 heavy (non-hydrogen) atoms. The van der Waals surface area contributed by atoms with Crippen LogP contribution in [-0.4, -0.2) is 59.5 Å². The van der Waals surface area contributed by atoms with Crippen LogP contribution >= 0.6 is 11.6 Å². The molecule has 0 aliphatic rings. The highest BCUT2D eigenvalue weighted by molar-refractivity contribution is 7.85. The van der Waals surface area contributed by atoms with Gasteiger partial charge in [-0.15, -0.1) is 10.2 Å². The zero-order chi connectivity index (χ0) is 29.2. The quantitative estimate of drug-likeness (QED) is 0.236. The van der Waals surface area contributed by atoms with Crippen molar-refractivity contribution in [2.75, 3.05) is 17.8 Å². The molecule has 0 aliphatic carbocycles. The predicted octanol–water partition coefficient (Wildman–Crippen LogP) is 3.11. The van der Waals surface area contributed by atoms with Gasteiger partial charge in [0.15, 0.2) is 5.82 Å². The Morgan fingerprint density at radius 3 is 2.08 bits per heavy atom. The first-order chi connectivity index (χ1) is 18.1. The second kappa shape index (κ2) is 13.8. The Morgan fingerprint density at radius 2 is 1.51 bits per heavy atom. The summed E-state index contributed by atoms with van der Waals surface area (Å²) in [5, 5.41) is 14.1. The molecule has 0 saturated carbocycles. The van der Waals surface area contributed by atoms with E-state index < -0.39 is 26.1 Å². The van der Waals surface area contributed by atoms with Crippen molar-refractivity contribution in [3.05, 3.63) is 83.1 Å². The van der Waals surface area contributed by atoms with E-state index in [9.17, 15) is 21.6 Å². The number of carbonyl (C=O) groups excluding carboxylic acids is 1. The summed E-state index contributed by atoms with van der Waals surface area (Å²) < 4.78 is 57.6. The zero-order valence-corrected chi connectivity index (χ0v) is 22.9. The Labute approximate surface area is 229 Å². The van der Waals surface area contributed by atoms with Crippen LogP contribution in [0.1, 0.15) is 16.1 Å². The van der Waals surface area contributed by atoms with Gasteiger partial charge in [0.25, 0.3) is 26.1 Å². The van der Waals surface area contributed by atoms with E-state index in [0.29, 0.717) is 29.2 Å². The van der Waals surface area contributed by atoms with Gasteiger partial charge in [-0.3, -0.25) is 18.9 Å². The summed E-state index contributed by atoms with van der Waals surface area (Å²) in [6.45, 7) is 0.200. The summed E-state index contributed by atoms with van der Waals surface area (Å²) in [7, 11) is -7.33. The fourth-order valence-corrected chi connectivity index (χ4v) is 2.92. The average Bonchev–Trinajstić information content (AvgIpc) is 2.83. The number of hydrogen-bond donors (Lipinski definition) is 4. The van der Waals surface area contributed by atoms with Crippen LogP contribution in [0.3, 0.4) is 0 Å². The van der Waals surface area contributed by atoms with Crippen molar-refractivity contribution in [2.45, 2.75) is 6.61 Å². The summed E-state index contributed by atoms with van der Waals surface area (Å²) >= 11 is 5.94. The first-order valence-corrected chi connectivity index (χ1v) is 14.7. The highest BCUT2D eigenvalue weighted by Crippen LogP contribution is 2.30. The van der Waals surface area contributed by atoms with Crippen molar-refractivity contribution in [1.82, 2.24) is 15.2 Å². The largest absolute Gasteiger partial charge is 0.471 e. The van der Waals surface area contributed by atoms with Crippen molar-refractivity contribution >= 4 is 60.0 Å². The molecule has 0 fully saturated rings. The van der Waals surface area contributed by atoms with Gasteiger partial charge in [0.2, 0.25) is 5.88 Å². The van der Waals surface area contributed by atoms with Crippen LogP contribution in [-0.2, 0) is 26.8 Å². The number of amides is 1. The minimum atomic E-state index is -3.67. The number of pyridine rings is 1.